The molecule has 1 N–H and O–H groups in total. The van der Waals surface area contributed by atoms with Crippen LogP contribution >= 0.6 is 34.2 Å². The number of hydrogen-bond donors (Lipinski definition) is 1. The number of benzene rings is 1. The Bertz CT molecular complexity index is 586. The van der Waals surface area contributed by atoms with Gasteiger partial charge in [0.25, 0.3) is 0 Å². The molecule has 1 aromatic heterocycles. The number of hydrogen-bond acceptors (Lipinski definition) is 2. The molecule has 20 heavy (non-hydrogen) atoms. The van der Waals surface area contributed by atoms with Gasteiger partial charge in [-0.3, -0.25) is 4.98 Å². The third-order valence-corrected chi connectivity index (χ3v) is 4.88. The molecule has 1 atom stereocenters. The Morgan fingerprint density at radius 3 is 2.80 bits per heavy atom. The molecule has 0 radical (unpaired) electrons. The lowest BCUT2D eigenvalue weighted by atomic mass is 9.99. The zero-order valence-corrected chi connectivity index (χ0v) is 14.6. The Labute approximate surface area is 139 Å². The molecule has 0 aliphatic heterocycles. The van der Waals surface area contributed by atoms with Gasteiger partial charge in [0.1, 0.15) is 0 Å². The van der Waals surface area contributed by atoms with Crippen LogP contribution in [0, 0.1) is 10.5 Å². The number of nitrogens with zero attached hydrogens (tertiary/aromatic N) is 1. The Morgan fingerprint density at radius 1 is 1.35 bits per heavy atom. The molecule has 0 amide bonds. The number of aromatic nitrogens is 1. The summed E-state index contributed by atoms with van der Waals surface area (Å²) in [7, 11) is 0. The van der Waals surface area contributed by atoms with Crippen molar-refractivity contribution in [2.75, 3.05) is 6.54 Å². The second kappa shape index (κ2) is 7.38. The third-order valence-electron chi connectivity index (χ3n) is 3.31. The zero-order valence-electron chi connectivity index (χ0n) is 11.7. The quantitative estimate of drug-likeness (QED) is 0.745. The monoisotopic (exact) mass is 400 g/mol. The second-order valence-corrected chi connectivity index (χ2v) is 6.32. The van der Waals surface area contributed by atoms with Crippen LogP contribution in [0.25, 0.3) is 0 Å². The van der Waals surface area contributed by atoms with Gasteiger partial charge >= 0.3 is 0 Å². The van der Waals surface area contributed by atoms with Crippen molar-refractivity contribution in [3.8, 4) is 0 Å². The van der Waals surface area contributed by atoms with Crippen molar-refractivity contribution in [1.82, 2.24) is 10.3 Å². The highest BCUT2D eigenvalue weighted by Gasteiger charge is 2.14. The van der Waals surface area contributed by atoms with Gasteiger partial charge in [-0.05, 0) is 65.4 Å². The Balaban J connectivity index is 2.27. The van der Waals surface area contributed by atoms with Crippen LogP contribution in [0.15, 0.2) is 36.5 Å². The van der Waals surface area contributed by atoms with Gasteiger partial charge in [0.05, 0.1) is 5.02 Å². The molecule has 0 saturated heterocycles. The molecular formula is C16H18ClIN2. The fourth-order valence-electron chi connectivity index (χ4n) is 2.21. The van der Waals surface area contributed by atoms with E-state index in [2.05, 4.69) is 71.0 Å². The number of likely N-dealkylation sites (N-methyl/N-ethyl adjacent to an activating group) is 1. The summed E-state index contributed by atoms with van der Waals surface area (Å²) in [4.78, 5) is 4.49. The molecule has 1 aromatic carbocycles. The molecule has 4 heteroatoms. The first-order valence-corrected chi connectivity index (χ1v) is 8.16. The first-order chi connectivity index (χ1) is 9.61. The van der Waals surface area contributed by atoms with Crippen LogP contribution in [-0.2, 0) is 6.42 Å². The van der Waals surface area contributed by atoms with Crippen LogP contribution in [0.1, 0.15) is 29.8 Å². The molecule has 0 saturated carbocycles. The normalized spacial score (nSPS) is 12.4. The maximum Gasteiger partial charge on any atom is 0.0542 e. The summed E-state index contributed by atoms with van der Waals surface area (Å²) in [5.41, 5.74) is 3.57. The van der Waals surface area contributed by atoms with Crippen molar-refractivity contribution < 1.29 is 0 Å². The number of aryl methyl sites for hydroxylation is 1. The number of pyridine rings is 1. The summed E-state index contributed by atoms with van der Waals surface area (Å²) in [5, 5.41) is 4.33. The number of halogens is 2. The first-order valence-electron chi connectivity index (χ1n) is 6.70. The topological polar surface area (TPSA) is 24.9 Å². The van der Waals surface area contributed by atoms with Gasteiger partial charge in [-0.25, -0.2) is 0 Å². The smallest absolute Gasteiger partial charge is 0.0542 e. The molecule has 106 valence electrons. The summed E-state index contributed by atoms with van der Waals surface area (Å²) in [6.07, 6.45) is 2.73. The SMILES string of the molecule is CCNC(Cc1ncccc1C)c1ccc(I)c(Cl)c1. The van der Waals surface area contributed by atoms with E-state index in [0.29, 0.717) is 0 Å². The first kappa shape index (κ1) is 15.7. The number of rotatable bonds is 5. The highest BCUT2D eigenvalue weighted by atomic mass is 127. The van der Waals surface area contributed by atoms with Crippen LogP contribution in [0.4, 0.5) is 0 Å². The Morgan fingerprint density at radius 2 is 2.15 bits per heavy atom. The summed E-state index contributed by atoms with van der Waals surface area (Å²) in [6, 6.07) is 10.6. The predicted molar refractivity (Wildman–Crippen MR) is 93.3 cm³/mol. The van der Waals surface area contributed by atoms with Gasteiger partial charge in [-0.2, -0.15) is 0 Å². The summed E-state index contributed by atoms with van der Waals surface area (Å²) in [5.74, 6) is 0. The Kier molecular flexibility index (Phi) is 5.81. The molecule has 1 unspecified atom stereocenters. The molecule has 0 bridgehead atoms. The minimum Gasteiger partial charge on any atom is -0.310 e. The average molecular weight is 401 g/mol. The van der Waals surface area contributed by atoms with Crippen LogP contribution in [0.2, 0.25) is 5.02 Å². The van der Waals surface area contributed by atoms with Gasteiger partial charge in [0.2, 0.25) is 0 Å². The molecule has 0 fully saturated rings. The molecule has 2 aromatic rings. The van der Waals surface area contributed by atoms with Crippen LogP contribution in [0.3, 0.4) is 0 Å². The summed E-state index contributed by atoms with van der Waals surface area (Å²) in [6.45, 7) is 5.14. The highest BCUT2D eigenvalue weighted by Crippen LogP contribution is 2.25. The fourth-order valence-corrected chi connectivity index (χ4v) is 2.73. The van der Waals surface area contributed by atoms with Crippen molar-refractivity contribution in [1.29, 1.82) is 0 Å². The molecule has 0 spiro atoms. The maximum absolute atomic E-state index is 6.24. The van der Waals surface area contributed by atoms with Gasteiger partial charge in [-0.1, -0.05) is 30.7 Å². The number of nitrogens with one attached hydrogen (secondary N) is 1. The molecule has 1 heterocycles. The largest absolute Gasteiger partial charge is 0.310 e. The lowest BCUT2D eigenvalue weighted by Crippen LogP contribution is -2.23. The molecule has 0 aliphatic carbocycles. The predicted octanol–water partition coefficient (Wildman–Crippen LogP) is 4.54. The van der Waals surface area contributed by atoms with E-state index in [4.69, 9.17) is 11.6 Å². The van der Waals surface area contributed by atoms with Crippen molar-refractivity contribution in [2.45, 2.75) is 26.3 Å². The standard InChI is InChI=1S/C16H18ClIN2/c1-3-19-16(10-15-11(2)5-4-8-20-15)12-6-7-14(18)13(17)9-12/h4-9,16,19H,3,10H2,1-2H3. The van der Waals surface area contributed by atoms with Crippen molar-refractivity contribution >= 4 is 34.2 Å². The van der Waals surface area contributed by atoms with Crippen molar-refractivity contribution in [3.63, 3.8) is 0 Å². The maximum atomic E-state index is 6.24. The zero-order chi connectivity index (χ0) is 14.5. The lowest BCUT2D eigenvalue weighted by molar-refractivity contribution is 0.542. The van der Waals surface area contributed by atoms with Crippen LogP contribution in [-0.4, -0.2) is 11.5 Å². The van der Waals surface area contributed by atoms with Crippen molar-refractivity contribution in [3.05, 3.63) is 61.9 Å². The second-order valence-electron chi connectivity index (χ2n) is 4.75. The summed E-state index contributed by atoms with van der Waals surface area (Å²) < 4.78 is 1.08. The van der Waals surface area contributed by atoms with Gasteiger partial charge < -0.3 is 5.32 Å². The lowest BCUT2D eigenvalue weighted by Gasteiger charge is -2.19. The van der Waals surface area contributed by atoms with E-state index in [-0.39, 0.29) is 6.04 Å². The minimum atomic E-state index is 0.239. The average Bonchev–Trinajstić information content (AvgIpc) is 2.44. The van der Waals surface area contributed by atoms with Gasteiger partial charge in [0, 0.05) is 27.9 Å². The molecule has 2 rings (SSSR count). The van der Waals surface area contributed by atoms with E-state index >= 15 is 0 Å². The van der Waals surface area contributed by atoms with E-state index in [1.54, 1.807) is 0 Å². The van der Waals surface area contributed by atoms with E-state index in [1.165, 1.54) is 11.1 Å². The van der Waals surface area contributed by atoms with E-state index in [9.17, 15) is 0 Å². The van der Waals surface area contributed by atoms with Crippen LogP contribution in [0.5, 0.6) is 0 Å². The van der Waals surface area contributed by atoms with Crippen molar-refractivity contribution in [2.24, 2.45) is 0 Å². The highest BCUT2D eigenvalue weighted by molar-refractivity contribution is 14.1. The fraction of sp³-hybridized carbons (Fsp3) is 0.312. The van der Waals surface area contributed by atoms with Crippen LogP contribution < -0.4 is 5.32 Å². The van der Waals surface area contributed by atoms with Gasteiger partial charge in [-0.15, -0.1) is 0 Å². The van der Waals surface area contributed by atoms with E-state index in [1.807, 2.05) is 12.3 Å². The molecule has 2 nitrogen and oxygen atoms in total. The molecule has 0 aliphatic rings. The van der Waals surface area contributed by atoms with Gasteiger partial charge in [0.15, 0.2) is 0 Å². The molecular weight excluding hydrogens is 383 g/mol. The Hall–Kier alpha value is -0.650. The third kappa shape index (κ3) is 3.93. The van der Waals surface area contributed by atoms with E-state index < -0.39 is 0 Å². The van der Waals surface area contributed by atoms with E-state index in [0.717, 1.165) is 27.3 Å². The minimum absolute atomic E-state index is 0.239. The summed E-state index contributed by atoms with van der Waals surface area (Å²) >= 11 is 8.49.